The summed E-state index contributed by atoms with van der Waals surface area (Å²) in [6.07, 6.45) is 48.0. The predicted molar refractivity (Wildman–Crippen MR) is 242 cm³/mol. The lowest BCUT2D eigenvalue weighted by Gasteiger charge is -2.29. The minimum absolute atomic E-state index is 0.00408. The van der Waals surface area contributed by atoms with Crippen LogP contribution in [0.4, 0.5) is 0 Å². The normalized spacial score (nSPS) is 14.4. The Hall–Kier alpha value is -1.02. The van der Waals surface area contributed by atoms with Gasteiger partial charge >= 0.3 is 0 Å². The molecule has 0 aliphatic rings. The highest BCUT2D eigenvalue weighted by Gasteiger charge is 2.23. The van der Waals surface area contributed by atoms with Crippen molar-refractivity contribution >= 4 is 13.7 Å². The minimum atomic E-state index is -4.59. The molecule has 0 heterocycles. The highest BCUT2D eigenvalue weighted by molar-refractivity contribution is 7.45. The summed E-state index contributed by atoms with van der Waals surface area (Å²) in [5.74, 6) is -0.204. The molecule has 0 saturated carbocycles. The molecule has 338 valence electrons. The summed E-state index contributed by atoms with van der Waals surface area (Å²) in [5, 5.41) is 13.8. The van der Waals surface area contributed by atoms with Crippen LogP contribution in [0.1, 0.15) is 226 Å². The van der Waals surface area contributed by atoms with Crippen LogP contribution in [0.25, 0.3) is 0 Å². The lowest BCUT2D eigenvalue weighted by molar-refractivity contribution is -0.870. The van der Waals surface area contributed by atoms with Gasteiger partial charge in [-0.3, -0.25) is 9.36 Å². The molecule has 0 aromatic heterocycles. The van der Waals surface area contributed by atoms with Gasteiger partial charge in [-0.05, 0) is 32.1 Å². The number of unbranched alkanes of at least 4 members (excludes halogenated alkanes) is 29. The summed E-state index contributed by atoms with van der Waals surface area (Å²) >= 11 is 0. The molecule has 2 N–H and O–H groups in total. The molecule has 0 spiro atoms. The van der Waals surface area contributed by atoms with E-state index in [4.69, 9.17) is 9.05 Å². The van der Waals surface area contributed by atoms with Crippen molar-refractivity contribution in [1.82, 2.24) is 5.32 Å². The number of phosphoric ester groups is 1. The molecule has 0 aromatic carbocycles. The zero-order valence-electron chi connectivity index (χ0n) is 38.3. The van der Waals surface area contributed by atoms with Gasteiger partial charge in [-0.15, -0.1) is 0 Å². The van der Waals surface area contributed by atoms with Crippen LogP contribution in [0, 0.1) is 0 Å². The Balaban J connectivity index is 4.38. The number of allylic oxidation sites excluding steroid dienone is 3. The second-order valence-electron chi connectivity index (χ2n) is 17.8. The molecule has 9 heteroatoms. The number of aliphatic hydroxyl groups excluding tert-OH is 1. The molecular formula is C48H95N2O6P. The van der Waals surface area contributed by atoms with Crippen molar-refractivity contribution in [2.75, 3.05) is 40.9 Å². The SMILES string of the molecule is CCCCCCCCCCCCC/C=C/CC/C=C/[C@@H](O)[C@H](COP(=O)([O-])OCC[N+](C)(C)C)NC(=O)CCCCCCCCCCCCCCCCCCCC. The Labute approximate surface area is 354 Å². The van der Waals surface area contributed by atoms with E-state index in [1.54, 1.807) is 6.08 Å². The van der Waals surface area contributed by atoms with Gasteiger partial charge in [0, 0.05) is 6.42 Å². The molecule has 1 amide bonds. The first kappa shape index (κ1) is 56.0. The number of hydrogen-bond acceptors (Lipinski definition) is 6. The Morgan fingerprint density at radius 1 is 0.596 bits per heavy atom. The number of aliphatic hydroxyl groups is 1. The van der Waals surface area contributed by atoms with Crippen LogP contribution in [-0.4, -0.2) is 68.5 Å². The van der Waals surface area contributed by atoms with Gasteiger partial charge in [0.2, 0.25) is 5.91 Å². The molecule has 0 aliphatic carbocycles. The maximum atomic E-state index is 12.9. The van der Waals surface area contributed by atoms with E-state index in [1.807, 2.05) is 27.2 Å². The van der Waals surface area contributed by atoms with Crippen LogP contribution < -0.4 is 10.2 Å². The number of carbonyl (C=O) groups excluding carboxylic acids is 1. The fourth-order valence-corrected chi connectivity index (χ4v) is 7.77. The third kappa shape index (κ3) is 42.9. The molecule has 0 bridgehead atoms. The second kappa shape index (κ2) is 40.4. The molecular weight excluding hydrogens is 732 g/mol. The Morgan fingerprint density at radius 2 is 0.982 bits per heavy atom. The number of likely N-dealkylation sites (N-methyl/N-ethyl adjacent to an activating group) is 1. The molecule has 0 saturated heterocycles. The van der Waals surface area contributed by atoms with Gasteiger partial charge < -0.3 is 28.8 Å². The van der Waals surface area contributed by atoms with Crippen LogP contribution >= 0.6 is 7.82 Å². The summed E-state index contributed by atoms with van der Waals surface area (Å²) in [5.41, 5.74) is 0. The summed E-state index contributed by atoms with van der Waals surface area (Å²) in [4.78, 5) is 25.3. The van der Waals surface area contributed by atoms with Crippen molar-refractivity contribution in [1.29, 1.82) is 0 Å². The molecule has 0 radical (unpaired) electrons. The lowest BCUT2D eigenvalue weighted by Crippen LogP contribution is -2.45. The molecule has 57 heavy (non-hydrogen) atoms. The van der Waals surface area contributed by atoms with E-state index < -0.39 is 20.0 Å². The van der Waals surface area contributed by atoms with Gasteiger partial charge in [0.15, 0.2) is 0 Å². The topological polar surface area (TPSA) is 108 Å². The summed E-state index contributed by atoms with van der Waals surface area (Å²) in [6, 6.07) is -0.898. The van der Waals surface area contributed by atoms with Crippen LogP contribution in [0.3, 0.4) is 0 Å². The van der Waals surface area contributed by atoms with E-state index in [1.165, 1.54) is 167 Å². The number of quaternary nitrogens is 1. The van der Waals surface area contributed by atoms with Crippen LogP contribution in [0.15, 0.2) is 24.3 Å². The number of phosphoric acid groups is 1. The third-order valence-corrected chi connectivity index (χ3v) is 11.9. The van der Waals surface area contributed by atoms with Crippen molar-refractivity contribution in [2.45, 2.75) is 238 Å². The summed E-state index contributed by atoms with van der Waals surface area (Å²) in [7, 11) is 1.25. The number of rotatable bonds is 44. The second-order valence-corrected chi connectivity index (χ2v) is 19.2. The lowest BCUT2D eigenvalue weighted by atomic mass is 10.0. The molecule has 0 rings (SSSR count). The van der Waals surface area contributed by atoms with E-state index >= 15 is 0 Å². The average molecular weight is 827 g/mol. The first-order valence-electron chi connectivity index (χ1n) is 24.2. The smallest absolute Gasteiger partial charge is 0.268 e. The van der Waals surface area contributed by atoms with Gasteiger partial charge in [-0.25, -0.2) is 0 Å². The Bertz CT molecular complexity index is 984. The van der Waals surface area contributed by atoms with Crippen LogP contribution in [0.5, 0.6) is 0 Å². The first-order chi connectivity index (χ1) is 27.5. The van der Waals surface area contributed by atoms with E-state index in [0.29, 0.717) is 17.4 Å². The molecule has 1 unspecified atom stereocenters. The van der Waals surface area contributed by atoms with Crippen molar-refractivity contribution in [3.63, 3.8) is 0 Å². The molecule has 3 atom stereocenters. The number of nitrogens with one attached hydrogen (secondary N) is 1. The zero-order chi connectivity index (χ0) is 42.1. The standard InChI is InChI=1S/C48H95N2O6P/c1-6-8-10-12-14-16-18-20-22-24-26-28-30-32-34-36-38-40-42-48(52)49-46(45-56-57(53,54)55-44-43-50(3,4)5)47(51)41-39-37-35-33-31-29-27-25-23-21-19-17-15-13-11-9-7-2/h31,33,39,41,46-47,51H,6-30,32,34-38,40,42-45H2,1-5H3,(H-,49,52,53,54)/b33-31+,41-39+/t46-,47+/m0/s1. The zero-order valence-corrected chi connectivity index (χ0v) is 39.2. The number of amides is 1. The fraction of sp³-hybridized carbons (Fsp3) is 0.896. The van der Waals surface area contributed by atoms with Crippen LogP contribution in [0.2, 0.25) is 0 Å². The summed E-state index contributed by atoms with van der Waals surface area (Å²) < 4.78 is 23.2. The number of hydrogen-bond donors (Lipinski definition) is 2. The molecule has 8 nitrogen and oxygen atoms in total. The van der Waals surface area contributed by atoms with Gasteiger partial charge in [0.05, 0.1) is 39.9 Å². The molecule has 0 aromatic rings. The maximum absolute atomic E-state index is 12.9. The number of nitrogens with zero attached hydrogens (tertiary/aromatic N) is 1. The monoisotopic (exact) mass is 827 g/mol. The van der Waals surface area contributed by atoms with Crippen molar-refractivity contribution in [3.8, 4) is 0 Å². The van der Waals surface area contributed by atoms with E-state index in [9.17, 15) is 19.4 Å². The molecule has 0 aliphatic heterocycles. The Morgan fingerprint density at radius 3 is 1.42 bits per heavy atom. The fourth-order valence-electron chi connectivity index (χ4n) is 7.05. The van der Waals surface area contributed by atoms with E-state index in [-0.39, 0.29) is 19.1 Å². The maximum Gasteiger partial charge on any atom is 0.268 e. The van der Waals surface area contributed by atoms with E-state index in [0.717, 1.165) is 38.5 Å². The number of carbonyl (C=O) groups is 1. The Kier molecular flexibility index (Phi) is 39.7. The minimum Gasteiger partial charge on any atom is -0.756 e. The third-order valence-electron chi connectivity index (χ3n) is 10.9. The van der Waals surface area contributed by atoms with E-state index in [2.05, 4.69) is 31.3 Å². The predicted octanol–water partition coefficient (Wildman–Crippen LogP) is 13.1. The highest BCUT2D eigenvalue weighted by Crippen LogP contribution is 2.38. The molecule has 0 fully saturated rings. The van der Waals surface area contributed by atoms with Crippen molar-refractivity contribution in [2.24, 2.45) is 0 Å². The summed E-state index contributed by atoms with van der Waals surface area (Å²) in [6.45, 7) is 4.65. The first-order valence-corrected chi connectivity index (χ1v) is 25.7. The van der Waals surface area contributed by atoms with Gasteiger partial charge in [0.1, 0.15) is 13.2 Å². The highest BCUT2D eigenvalue weighted by atomic mass is 31.2. The van der Waals surface area contributed by atoms with Gasteiger partial charge in [-0.2, -0.15) is 0 Å². The van der Waals surface area contributed by atoms with Crippen LogP contribution in [-0.2, 0) is 18.4 Å². The largest absolute Gasteiger partial charge is 0.756 e. The quantitative estimate of drug-likeness (QED) is 0.0274. The van der Waals surface area contributed by atoms with Crippen molar-refractivity contribution < 1.29 is 32.9 Å². The van der Waals surface area contributed by atoms with Gasteiger partial charge in [0.25, 0.3) is 7.82 Å². The van der Waals surface area contributed by atoms with Crippen molar-refractivity contribution in [3.05, 3.63) is 24.3 Å². The average Bonchev–Trinajstić information content (AvgIpc) is 3.16. The van der Waals surface area contributed by atoms with Gasteiger partial charge in [-0.1, -0.05) is 212 Å².